The molecule has 0 aliphatic carbocycles. The van der Waals surface area contributed by atoms with E-state index in [2.05, 4.69) is 6.07 Å². The van der Waals surface area contributed by atoms with Gasteiger partial charge in [0, 0.05) is 25.3 Å². The Morgan fingerprint density at radius 3 is 2.32 bits per heavy atom. The highest BCUT2D eigenvalue weighted by atomic mass is 32.2. The molecule has 0 spiro atoms. The van der Waals surface area contributed by atoms with Crippen molar-refractivity contribution in [3.05, 3.63) is 53.1 Å². The van der Waals surface area contributed by atoms with Gasteiger partial charge < -0.3 is 14.4 Å². The van der Waals surface area contributed by atoms with Gasteiger partial charge in [-0.2, -0.15) is 4.31 Å². The monoisotopic (exact) mass is 446 g/mol. The molecule has 2 aromatic carbocycles. The summed E-state index contributed by atoms with van der Waals surface area (Å²) in [5, 5.41) is 0. The van der Waals surface area contributed by atoms with Crippen LogP contribution in [-0.2, 0) is 26.0 Å². The topological polar surface area (TPSA) is 76.2 Å². The molecular formula is C23H30N2O5S. The minimum Gasteiger partial charge on any atom is -0.495 e. The number of sulfonamides is 1. The van der Waals surface area contributed by atoms with Crippen LogP contribution < -0.4 is 9.64 Å². The number of methoxy groups -OCH3 is 1. The summed E-state index contributed by atoms with van der Waals surface area (Å²) in [7, 11) is -2.31. The lowest BCUT2D eigenvalue weighted by molar-refractivity contribution is -0.117. The number of hydrogen-bond donors (Lipinski definition) is 0. The summed E-state index contributed by atoms with van der Waals surface area (Å²) in [5.74, 6) is 0.178. The van der Waals surface area contributed by atoms with Gasteiger partial charge in [-0.25, -0.2) is 8.42 Å². The molecule has 1 aliphatic heterocycles. The van der Waals surface area contributed by atoms with Gasteiger partial charge in [0.25, 0.3) is 0 Å². The Morgan fingerprint density at radius 2 is 1.74 bits per heavy atom. The van der Waals surface area contributed by atoms with Crippen molar-refractivity contribution in [1.82, 2.24) is 4.31 Å². The van der Waals surface area contributed by atoms with Crippen LogP contribution in [0, 0.1) is 13.8 Å². The molecule has 1 aliphatic rings. The molecule has 0 N–H and O–H groups in total. The van der Waals surface area contributed by atoms with E-state index in [1.165, 1.54) is 11.4 Å². The third-order valence-corrected chi connectivity index (χ3v) is 7.23. The zero-order valence-corrected chi connectivity index (χ0v) is 19.4. The van der Waals surface area contributed by atoms with Gasteiger partial charge in [0.2, 0.25) is 15.9 Å². The molecule has 2 aromatic rings. The van der Waals surface area contributed by atoms with E-state index in [9.17, 15) is 13.2 Å². The summed E-state index contributed by atoms with van der Waals surface area (Å²) in [5.41, 5.74) is 3.65. The van der Waals surface area contributed by atoms with Crippen LogP contribution in [0.5, 0.6) is 5.75 Å². The number of ether oxygens (including phenoxy) is 2. The summed E-state index contributed by atoms with van der Waals surface area (Å²) >= 11 is 0. The van der Waals surface area contributed by atoms with Crippen molar-refractivity contribution < 1.29 is 22.7 Å². The van der Waals surface area contributed by atoms with Gasteiger partial charge in [-0.3, -0.25) is 4.79 Å². The zero-order valence-electron chi connectivity index (χ0n) is 18.6. The molecule has 1 fully saturated rings. The van der Waals surface area contributed by atoms with E-state index in [1.807, 2.05) is 32.9 Å². The Labute approximate surface area is 184 Å². The highest BCUT2D eigenvalue weighted by Crippen LogP contribution is 2.29. The smallest absolute Gasteiger partial charge is 0.246 e. The Balaban J connectivity index is 1.89. The van der Waals surface area contributed by atoms with Crippen molar-refractivity contribution in [3.63, 3.8) is 0 Å². The lowest BCUT2D eigenvalue weighted by Gasteiger charge is -2.27. The third-order valence-electron chi connectivity index (χ3n) is 5.31. The maximum Gasteiger partial charge on any atom is 0.246 e. The second-order valence-corrected chi connectivity index (χ2v) is 9.57. The van der Waals surface area contributed by atoms with Crippen LogP contribution in [0.3, 0.4) is 0 Å². The maximum atomic E-state index is 13.2. The Morgan fingerprint density at radius 1 is 1.10 bits per heavy atom. The van der Waals surface area contributed by atoms with Crippen LogP contribution in [0.25, 0.3) is 0 Å². The average Bonchev–Trinajstić information content (AvgIpc) is 2.74. The molecular weight excluding hydrogens is 416 g/mol. The van der Waals surface area contributed by atoms with Gasteiger partial charge in [-0.15, -0.1) is 0 Å². The van der Waals surface area contributed by atoms with Crippen molar-refractivity contribution in [2.75, 3.05) is 44.9 Å². The van der Waals surface area contributed by atoms with Crippen LogP contribution >= 0.6 is 0 Å². The number of amides is 1. The number of nitrogens with zero attached hydrogens (tertiary/aromatic N) is 2. The first kappa shape index (κ1) is 23.2. The molecule has 1 amide bonds. The molecule has 3 rings (SSSR count). The first-order valence-electron chi connectivity index (χ1n) is 10.4. The molecule has 0 radical (unpaired) electrons. The summed E-state index contributed by atoms with van der Waals surface area (Å²) in [6.07, 6.45) is 0.0937. The van der Waals surface area contributed by atoms with Gasteiger partial charge in [0.15, 0.2) is 0 Å². The predicted octanol–water partition coefficient (Wildman–Crippen LogP) is 2.93. The minimum absolute atomic E-state index is 0.0802. The van der Waals surface area contributed by atoms with Gasteiger partial charge in [-0.05, 0) is 61.7 Å². The second kappa shape index (κ2) is 9.80. The predicted molar refractivity (Wildman–Crippen MR) is 120 cm³/mol. The number of aryl methyl sites for hydroxylation is 2. The molecule has 7 nitrogen and oxygen atoms in total. The molecule has 0 bridgehead atoms. The molecule has 0 saturated carbocycles. The van der Waals surface area contributed by atoms with E-state index in [0.29, 0.717) is 38.4 Å². The largest absolute Gasteiger partial charge is 0.495 e. The van der Waals surface area contributed by atoms with Crippen LogP contribution in [0.4, 0.5) is 5.69 Å². The van der Waals surface area contributed by atoms with Gasteiger partial charge >= 0.3 is 0 Å². The van der Waals surface area contributed by atoms with Crippen molar-refractivity contribution >= 4 is 21.6 Å². The maximum absolute atomic E-state index is 13.2. The first-order chi connectivity index (χ1) is 14.8. The fourth-order valence-electron chi connectivity index (χ4n) is 3.84. The number of likely N-dealkylation sites (N-methyl/N-ethyl adjacent to an activating group) is 1. The van der Waals surface area contributed by atoms with Crippen molar-refractivity contribution in [1.29, 1.82) is 0 Å². The summed E-state index contributed by atoms with van der Waals surface area (Å²) < 4.78 is 38.4. The SMILES string of the molecule is CCN(C(=O)Cc1ccc(OC)c(S(=O)(=O)N2CCOCC2)c1)c1cc(C)cc(C)c1. The van der Waals surface area contributed by atoms with Gasteiger partial charge in [-0.1, -0.05) is 12.1 Å². The number of anilines is 1. The van der Waals surface area contributed by atoms with Gasteiger partial charge in [0.1, 0.15) is 10.6 Å². The quantitative estimate of drug-likeness (QED) is 0.654. The Kier molecular flexibility index (Phi) is 7.35. The molecule has 31 heavy (non-hydrogen) atoms. The van der Waals surface area contributed by atoms with Crippen LogP contribution in [0.2, 0.25) is 0 Å². The normalized spacial score (nSPS) is 15.0. The summed E-state index contributed by atoms with van der Waals surface area (Å²) in [6, 6.07) is 10.9. The molecule has 1 heterocycles. The Bertz CT molecular complexity index is 1030. The number of morpholine rings is 1. The Hall–Kier alpha value is -2.42. The van der Waals surface area contributed by atoms with E-state index < -0.39 is 10.0 Å². The van der Waals surface area contributed by atoms with Crippen LogP contribution in [0.15, 0.2) is 41.3 Å². The minimum atomic E-state index is -3.75. The van der Waals surface area contributed by atoms with Crippen LogP contribution in [0.1, 0.15) is 23.6 Å². The van der Waals surface area contributed by atoms with Crippen molar-refractivity contribution in [2.45, 2.75) is 32.1 Å². The highest BCUT2D eigenvalue weighted by molar-refractivity contribution is 7.89. The fourth-order valence-corrected chi connectivity index (χ4v) is 5.45. The molecule has 8 heteroatoms. The van der Waals surface area contributed by atoms with Crippen molar-refractivity contribution in [3.8, 4) is 5.75 Å². The standard InChI is InChI=1S/C23H30N2O5S/c1-5-25(20-13-17(2)12-18(3)14-20)23(26)16-19-6-7-21(29-4)22(15-19)31(27,28)24-8-10-30-11-9-24/h6-7,12-15H,5,8-11,16H2,1-4H3. The number of carbonyl (C=O) groups excluding carboxylic acids is 1. The van der Waals surface area contributed by atoms with Crippen molar-refractivity contribution in [2.24, 2.45) is 0 Å². The average molecular weight is 447 g/mol. The van der Waals surface area contributed by atoms with E-state index in [0.717, 1.165) is 16.8 Å². The van der Waals surface area contributed by atoms with E-state index in [1.54, 1.807) is 23.1 Å². The lowest BCUT2D eigenvalue weighted by atomic mass is 10.1. The van der Waals surface area contributed by atoms with Crippen LogP contribution in [-0.4, -0.2) is 58.6 Å². The summed E-state index contributed by atoms with van der Waals surface area (Å²) in [4.78, 5) is 14.9. The number of rotatable bonds is 7. The first-order valence-corrected chi connectivity index (χ1v) is 11.8. The third kappa shape index (κ3) is 5.26. The molecule has 0 atom stereocenters. The summed E-state index contributed by atoms with van der Waals surface area (Å²) in [6.45, 7) is 7.77. The molecule has 168 valence electrons. The molecule has 0 unspecified atom stereocenters. The number of hydrogen-bond acceptors (Lipinski definition) is 5. The zero-order chi connectivity index (χ0) is 22.6. The van der Waals surface area contributed by atoms with E-state index >= 15 is 0 Å². The number of benzene rings is 2. The molecule has 0 aromatic heterocycles. The lowest BCUT2D eigenvalue weighted by Crippen LogP contribution is -2.40. The fraction of sp³-hybridized carbons (Fsp3) is 0.435. The highest BCUT2D eigenvalue weighted by Gasteiger charge is 2.30. The van der Waals surface area contributed by atoms with E-state index in [4.69, 9.17) is 9.47 Å². The van der Waals surface area contributed by atoms with E-state index in [-0.39, 0.29) is 23.0 Å². The second-order valence-electron chi connectivity index (χ2n) is 7.66. The molecule has 1 saturated heterocycles. The number of carbonyl (C=O) groups is 1. The van der Waals surface area contributed by atoms with Gasteiger partial charge in [0.05, 0.1) is 26.7 Å².